The molecular formula is C65H127NO3. The Balaban J connectivity index is 3.43. The van der Waals surface area contributed by atoms with Crippen LogP contribution in [0, 0.1) is 0 Å². The zero-order chi connectivity index (χ0) is 49.9. The average molecular weight is 971 g/mol. The number of unbranched alkanes of at least 4 members (excludes halogenated alkanes) is 51. The number of allylic oxidation sites excluding steroid dienone is 3. The van der Waals surface area contributed by atoms with E-state index in [0.717, 1.165) is 25.7 Å². The van der Waals surface area contributed by atoms with E-state index < -0.39 is 12.1 Å². The van der Waals surface area contributed by atoms with Gasteiger partial charge in [-0.3, -0.25) is 4.79 Å². The van der Waals surface area contributed by atoms with Gasteiger partial charge in [-0.1, -0.05) is 340 Å². The first kappa shape index (κ1) is 67.9. The number of hydrogen-bond acceptors (Lipinski definition) is 3. The van der Waals surface area contributed by atoms with Crippen LogP contribution in [-0.2, 0) is 4.79 Å². The minimum Gasteiger partial charge on any atom is -0.394 e. The molecule has 4 nitrogen and oxygen atoms in total. The molecule has 0 aliphatic heterocycles. The number of nitrogens with one attached hydrogen (secondary N) is 1. The van der Waals surface area contributed by atoms with Crippen molar-refractivity contribution < 1.29 is 15.0 Å². The van der Waals surface area contributed by atoms with E-state index in [1.165, 1.54) is 321 Å². The van der Waals surface area contributed by atoms with Crippen molar-refractivity contribution in [2.75, 3.05) is 6.61 Å². The summed E-state index contributed by atoms with van der Waals surface area (Å²) < 4.78 is 0. The number of aliphatic hydroxyl groups excluding tert-OH is 2. The molecule has 410 valence electrons. The molecule has 3 N–H and O–H groups in total. The van der Waals surface area contributed by atoms with Crippen LogP contribution in [0.4, 0.5) is 0 Å². The molecule has 0 radical (unpaired) electrons. The second-order valence-corrected chi connectivity index (χ2v) is 22.2. The van der Waals surface area contributed by atoms with Crippen molar-refractivity contribution in [3.63, 3.8) is 0 Å². The van der Waals surface area contributed by atoms with E-state index in [9.17, 15) is 15.0 Å². The fourth-order valence-electron chi connectivity index (χ4n) is 10.3. The van der Waals surface area contributed by atoms with E-state index in [4.69, 9.17) is 0 Å². The van der Waals surface area contributed by atoms with Gasteiger partial charge in [-0.25, -0.2) is 0 Å². The lowest BCUT2D eigenvalue weighted by Gasteiger charge is -2.20. The van der Waals surface area contributed by atoms with Gasteiger partial charge in [0.15, 0.2) is 0 Å². The number of aliphatic hydroxyl groups is 2. The van der Waals surface area contributed by atoms with E-state index in [2.05, 4.69) is 31.3 Å². The number of hydrogen-bond donors (Lipinski definition) is 3. The third-order valence-electron chi connectivity index (χ3n) is 15.2. The molecule has 0 spiro atoms. The predicted octanol–water partition coefficient (Wildman–Crippen LogP) is 21.4. The average Bonchev–Trinajstić information content (AvgIpc) is 3.35. The van der Waals surface area contributed by atoms with Gasteiger partial charge in [0.05, 0.1) is 18.8 Å². The molecule has 0 aromatic carbocycles. The molecule has 0 saturated heterocycles. The van der Waals surface area contributed by atoms with Crippen LogP contribution in [0.2, 0.25) is 0 Å². The summed E-state index contributed by atoms with van der Waals surface area (Å²) in [4.78, 5) is 12.5. The van der Waals surface area contributed by atoms with Crippen molar-refractivity contribution in [1.82, 2.24) is 5.32 Å². The summed E-state index contributed by atoms with van der Waals surface area (Å²) in [7, 11) is 0. The Morgan fingerprint density at radius 1 is 0.333 bits per heavy atom. The molecule has 0 fully saturated rings. The fraction of sp³-hybridized carbons (Fsp3) is 0.923. The maximum Gasteiger partial charge on any atom is 0.220 e. The lowest BCUT2D eigenvalue weighted by atomic mass is 10.0. The van der Waals surface area contributed by atoms with Gasteiger partial charge in [0, 0.05) is 6.42 Å². The highest BCUT2D eigenvalue weighted by molar-refractivity contribution is 5.76. The van der Waals surface area contributed by atoms with Crippen LogP contribution in [0.25, 0.3) is 0 Å². The van der Waals surface area contributed by atoms with E-state index in [1.807, 2.05) is 6.08 Å². The highest BCUT2D eigenvalue weighted by Crippen LogP contribution is 2.18. The zero-order valence-electron chi connectivity index (χ0n) is 47.4. The summed E-state index contributed by atoms with van der Waals surface area (Å²) in [5.41, 5.74) is 0. The molecule has 0 aromatic rings. The quantitative estimate of drug-likeness (QED) is 0.0420. The lowest BCUT2D eigenvalue weighted by molar-refractivity contribution is -0.123. The second-order valence-electron chi connectivity index (χ2n) is 22.2. The second kappa shape index (κ2) is 61.2. The lowest BCUT2D eigenvalue weighted by Crippen LogP contribution is -2.45. The monoisotopic (exact) mass is 970 g/mol. The predicted molar refractivity (Wildman–Crippen MR) is 309 cm³/mol. The summed E-state index contributed by atoms with van der Waals surface area (Å²) in [5.74, 6) is -0.0559. The third kappa shape index (κ3) is 57.6. The van der Waals surface area contributed by atoms with E-state index in [-0.39, 0.29) is 12.5 Å². The van der Waals surface area contributed by atoms with Gasteiger partial charge in [-0.15, -0.1) is 0 Å². The molecule has 2 unspecified atom stereocenters. The summed E-state index contributed by atoms with van der Waals surface area (Å²) in [6, 6.07) is -0.621. The van der Waals surface area contributed by atoms with Gasteiger partial charge in [0.1, 0.15) is 0 Å². The molecule has 0 aromatic heterocycles. The van der Waals surface area contributed by atoms with Gasteiger partial charge in [-0.2, -0.15) is 0 Å². The number of carbonyl (C=O) groups excluding carboxylic acids is 1. The Morgan fingerprint density at radius 2 is 0.551 bits per heavy atom. The molecule has 0 saturated carbocycles. The molecule has 0 rings (SSSR count). The molecule has 4 heteroatoms. The Kier molecular flexibility index (Phi) is 60.2. The van der Waals surface area contributed by atoms with Gasteiger partial charge >= 0.3 is 0 Å². The SMILES string of the molecule is CCCCCCCCCC/C=C\CCCCCCCCCCCCCCCCCCCC(=O)NC(CO)C(O)/C=C/CCCCCCCCCCCCCCCCCCCCCCCCCCCC. The Labute approximate surface area is 434 Å². The van der Waals surface area contributed by atoms with Crippen LogP contribution in [0.5, 0.6) is 0 Å². The summed E-state index contributed by atoms with van der Waals surface area (Å²) in [5, 5.41) is 23.3. The highest BCUT2D eigenvalue weighted by Gasteiger charge is 2.18. The Hall–Kier alpha value is -1.13. The molecule has 1 amide bonds. The largest absolute Gasteiger partial charge is 0.394 e. The van der Waals surface area contributed by atoms with Crippen molar-refractivity contribution >= 4 is 5.91 Å². The van der Waals surface area contributed by atoms with Gasteiger partial charge in [0.25, 0.3) is 0 Å². The van der Waals surface area contributed by atoms with Crippen molar-refractivity contribution in [1.29, 1.82) is 0 Å². The molecule has 0 aliphatic carbocycles. The molecule has 2 atom stereocenters. The minimum absolute atomic E-state index is 0.0559. The first-order chi connectivity index (χ1) is 34.2. The smallest absolute Gasteiger partial charge is 0.220 e. The Morgan fingerprint density at radius 3 is 0.797 bits per heavy atom. The van der Waals surface area contributed by atoms with Crippen LogP contribution in [0.1, 0.15) is 367 Å². The van der Waals surface area contributed by atoms with Crippen LogP contribution in [-0.4, -0.2) is 34.9 Å². The van der Waals surface area contributed by atoms with Gasteiger partial charge in [0.2, 0.25) is 5.91 Å². The summed E-state index contributed by atoms with van der Waals surface area (Å²) >= 11 is 0. The number of rotatable bonds is 60. The topological polar surface area (TPSA) is 69.6 Å². The molecule has 0 bridgehead atoms. The van der Waals surface area contributed by atoms with Gasteiger partial charge < -0.3 is 15.5 Å². The van der Waals surface area contributed by atoms with Crippen LogP contribution >= 0.6 is 0 Å². The summed E-state index contributed by atoms with van der Waals surface area (Å²) in [6.45, 7) is 4.36. The van der Waals surface area contributed by atoms with Crippen molar-refractivity contribution in [3.8, 4) is 0 Å². The standard InChI is InChI=1S/C65H127NO3/c1-3-5-7-9-11-13-15-17-19-21-23-25-27-29-31-33-35-37-39-41-43-45-47-49-51-53-55-57-59-61-65(69)66-63(62-67)64(68)60-58-56-54-52-50-48-46-44-42-40-38-36-34-32-30-28-26-24-22-20-18-16-14-12-10-8-6-4-2/h21,23,58,60,63-64,67-68H,3-20,22,24-57,59,61-62H2,1-2H3,(H,66,69)/b23-21-,60-58+. The van der Waals surface area contributed by atoms with Crippen molar-refractivity contribution in [2.45, 2.75) is 379 Å². The molecular weight excluding hydrogens is 843 g/mol. The van der Waals surface area contributed by atoms with E-state index in [1.54, 1.807) is 6.08 Å². The normalized spacial score (nSPS) is 12.8. The van der Waals surface area contributed by atoms with Crippen LogP contribution in [0.3, 0.4) is 0 Å². The first-order valence-electron chi connectivity index (χ1n) is 32.1. The molecule has 69 heavy (non-hydrogen) atoms. The van der Waals surface area contributed by atoms with Crippen LogP contribution in [0.15, 0.2) is 24.3 Å². The fourth-order valence-corrected chi connectivity index (χ4v) is 10.3. The Bertz CT molecular complexity index is 1010. The van der Waals surface area contributed by atoms with Gasteiger partial charge in [-0.05, 0) is 44.9 Å². The number of amides is 1. The number of carbonyl (C=O) groups is 1. The maximum atomic E-state index is 12.5. The zero-order valence-corrected chi connectivity index (χ0v) is 47.4. The summed E-state index contributed by atoms with van der Waals surface area (Å²) in [6.07, 6.45) is 82.4. The third-order valence-corrected chi connectivity index (χ3v) is 15.2. The van der Waals surface area contributed by atoms with E-state index >= 15 is 0 Å². The van der Waals surface area contributed by atoms with Crippen LogP contribution < -0.4 is 5.32 Å². The van der Waals surface area contributed by atoms with Crippen molar-refractivity contribution in [2.24, 2.45) is 0 Å². The molecule has 0 aliphatic rings. The maximum absolute atomic E-state index is 12.5. The van der Waals surface area contributed by atoms with Crippen molar-refractivity contribution in [3.05, 3.63) is 24.3 Å². The molecule has 0 heterocycles. The minimum atomic E-state index is -0.838. The first-order valence-corrected chi connectivity index (χ1v) is 32.1. The highest BCUT2D eigenvalue weighted by atomic mass is 16.3. The van der Waals surface area contributed by atoms with E-state index in [0.29, 0.717) is 6.42 Å².